The number of urea groups is 1. The van der Waals surface area contributed by atoms with E-state index in [1.165, 1.54) is 0 Å². The molecular formula is C3H4ClN3O2. The second kappa shape index (κ2) is 2.20. The molecule has 0 saturated carbocycles. The summed E-state index contributed by atoms with van der Waals surface area (Å²) in [5.41, 5.74) is 3.47. The lowest BCUT2D eigenvalue weighted by molar-refractivity contribution is -0.121. The Kier molecular flexibility index (Phi) is 1.54. The second-order valence-corrected chi connectivity index (χ2v) is 1.89. The Hall–Kier alpha value is -0.810. The Balaban J connectivity index is 2.54. The van der Waals surface area contributed by atoms with Gasteiger partial charge in [-0.05, 0) is 0 Å². The third kappa shape index (κ3) is 1.30. The average Bonchev–Trinajstić information content (AvgIpc) is 1.80. The fourth-order valence-corrected chi connectivity index (χ4v) is 0.510. The summed E-state index contributed by atoms with van der Waals surface area (Å²) in [4.78, 5) is 20.7. The molecule has 0 aliphatic carbocycles. The fraction of sp³-hybridized carbons (Fsp3) is 0.333. The minimum absolute atomic E-state index is 0.541. The van der Waals surface area contributed by atoms with Gasteiger partial charge in [0.15, 0.2) is 5.50 Å². The fourth-order valence-electron chi connectivity index (χ4n) is 0.401. The molecule has 1 aliphatic rings. The third-order valence-corrected chi connectivity index (χ3v) is 1.09. The summed E-state index contributed by atoms with van der Waals surface area (Å²) in [6.07, 6.45) is 0. The van der Waals surface area contributed by atoms with Crippen LogP contribution in [0.5, 0.6) is 0 Å². The summed E-state index contributed by atoms with van der Waals surface area (Å²) in [6, 6.07) is -0.586. The molecule has 0 aromatic carbocycles. The highest BCUT2D eigenvalue weighted by Gasteiger charge is 2.22. The molecule has 1 rings (SSSR count). The van der Waals surface area contributed by atoms with Crippen molar-refractivity contribution in [1.29, 1.82) is 0 Å². The van der Waals surface area contributed by atoms with Crippen LogP contribution in [0.2, 0.25) is 0 Å². The third-order valence-electron chi connectivity index (χ3n) is 0.779. The Bertz CT molecular complexity index is 159. The first-order valence-electron chi connectivity index (χ1n) is 2.20. The number of carbonyl (C=O) groups is 2. The molecule has 1 aliphatic heterocycles. The van der Waals surface area contributed by atoms with Gasteiger partial charge in [0.1, 0.15) is 0 Å². The smallest absolute Gasteiger partial charge is 0.274 e. The van der Waals surface area contributed by atoms with Crippen molar-refractivity contribution < 1.29 is 9.59 Å². The largest absolute Gasteiger partial charge is 0.335 e. The Morgan fingerprint density at radius 1 is 1.44 bits per heavy atom. The number of hydrazine groups is 1. The highest BCUT2D eigenvalue weighted by Crippen LogP contribution is 1.91. The van der Waals surface area contributed by atoms with Gasteiger partial charge in [-0.25, -0.2) is 10.2 Å². The average molecular weight is 150 g/mol. The van der Waals surface area contributed by atoms with Crippen LogP contribution in [0, 0.1) is 0 Å². The van der Waals surface area contributed by atoms with Crippen molar-refractivity contribution in [2.75, 3.05) is 0 Å². The van der Waals surface area contributed by atoms with Crippen molar-refractivity contribution in [2.24, 2.45) is 0 Å². The quantitative estimate of drug-likeness (QED) is 0.302. The predicted octanol–water partition coefficient (Wildman–Crippen LogP) is -1.10. The van der Waals surface area contributed by atoms with E-state index in [1.54, 1.807) is 0 Å². The maximum atomic E-state index is 10.4. The molecule has 0 spiro atoms. The highest BCUT2D eigenvalue weighted by atomic mass is 35.5. The molecule has 1 saturated heterocycles. The molecule has 3 amide bonds. The molecule has 0 aromatic heterocycles. The number of rotatable bonds is 0. The minimum atomic E-state index is -0.873. The summed E-state index contributed by atoms with van der Waals surface area (Å²) in [5, 5.41) is 1.95. The van der Waals surface area contributed by atoms with Crippen LogP contribution in [0.15, 0.2) is 0 Å². The number of hydrogen-bond acceptors (Lipinski definition) is 3. The molecular weight excluding hydrogens is 146 g/mol. The summed E-state index contributed by atoms with van der Waals surface area (Å²) in [7, 11) is 0. The van der Waals surface area contributed by atoms with Crippen LogP contribution in [0.3, 0.4) is 0 Å². The zero-order chi connectivity index (χ0) is 6.85. The number of amides is 3. The van der Waals surface area contributed by atoms with Gasteiger partial charge in [0.05, 0.1) is 0 Å². The number of alkyl halides is 1. The van der Waals surface area contributed by atoms with Crippen molar-refractivity contribution in [3.63, 3.8) is 0 Å². The molecule has 6 heteroatoms. The maximum Gasteiger partial charge on any atom is 0.335 e. The lowest BCUT2D eigenvalue weighted by atomic mass is 10.5. The van der Waals surface area contributed by atoms with Gasteiger partial charge in [-0.3, -0.25) is 15.5 Å². The molecule has 0 bridgehead atoms. The molecule has 50 valence electrons. The maximum absolute atomic E-state index is 10.4. The lowest BCUT2D eigenvalue weighted by Crippen LogP contribution is -2.60. The normalized spacial score (nSPS) is 27.0. The van der Waals surface area contributed by atoms with E-state index in [9.17, 15) is 9.59 Å². The first kappa shape index (κ1) is 6.31. The van der Waals surface area contributed by atoms with Gasteiger partial charge in [0, 0.05) is 0 Å². The predicted molar refractivity (Wildman–Crippen MR) is 29.5 cm³/mol. The molecule has 0 aromatic rings. The van der Waals surface area contributed by atoms with Gasteiger partial charge in [-0.1, -0.05) is 11.6 Å². The standard InChI is InChI=1S/C3H4ClN3O2/c4-1-2(8)5-3(9)7-6-1/h1,6H,(H2,5,7,8,9). The van der Waals surface area contributed by atoms with E-state index in [-0.39, 0.29) is 0 Å². The summed E-state index contributed by atoms with van der Waals surface area (Å²) < 4.78 is 0. The van der Waals surface area contributed by atoms with Gasteiger partial charge in [0.25, 0.3) is 5.91 Å². The number of halogens is 1. The first-order chi connectivity index (χ1) is 4.20. The van der Waals surface area contributed by atoms with Gasteiger partial charge in [0.2, 0.25) is 0 Å². The van der Waals surface area contributed by atoms with E-state index in [0.717, 1.165) is 0 Å². The summed E-state index contributed by atoms with van der Waals surface area (Å²) in [5.74, 6) is -0.541. The Morgan fingerprint density at radius 2 is 2.11 bits per heavy atom. The molecule has 3 N–H and O–H groups in total. The summed E-state index contributed by atoms with van der Waals surface area (Å²) in [6.45, 7) is 0. The molecule has 5 nitrogen and oxygen atoms in total. The van der Waals surface area contributed by atoms with Crippen LogP contribution in [0.25, 0.3) is 0 Å². The van der Waals surface area contributed by atoms with Crippen LogP contribution in [-0.2, 0) is 4.79 Å². The topological polar surface area (TPSA) is 70.2 Å². The van der Waals surface area contributed by atoms with E-state index in [2.05, 4.69) is 10.9 Å². The molecule has 1 fully saturated rings. The second-order valence-electron chi connectivity index (χ2n) is 1.45. The van der Waals surface area contributed by atoms with E-state index in [1.807, 2.05) is 5.32 Å². The number of carbonyl (C=O) groups excluding carboxylic acids is 2. The van der Waals surface area contributed by atoms with E-state index in [4.69, 9.17) is 11.6 Å². The van der Waals surface area contributed by atoms with Crippen molar-refractivity contribution in [1.82, 2.24) is 16.2 Å². The summed E-state index contributed by atoms with van der Waals surface area (Å²) >= 11 is 5.29. The van der Waals surface area contributed by atoms with Crippen molar-refractivity contribution >= 4 is 23.5 Å². The van der Waals surface area contributed by atoms with Gasteiger partial charge < -0.3 is 0 Å². The van der Waals surface area contributed by atoms with Crippen LogP contribution in [0.1, 0.15) is 0 Å². The Morgan fingerprint density at radius 3 is 2.56 bits per heavy atom. The minimum Gasteiger partial charge on any atom is -0.274 e. The van der Waals surface area contributed by atoms with Crippen LogP contribution in [0.4, 0.5) is 4.79 Å². The van der Waals surface area contributed by atoms with E-state index < -0.39 is 17.4 Å². The van der Waals surface area contributed by atoms with Crippen molar-refractivity contribution in [3.05, 3.63) is 0 Å². The first-order valence-corrected chi connectivity index (χ1v) is 2.64. The molecule has 9 heavy (non-hydrogen) atoms. The zero-order valence-electron chi connectivity index (χ0n) is 4.27. The molecule has 1 atom stereocenters. The number of hydrogen-bond donors (Lipinski definition) is 3. The van der Waals surface area contributed by atoms with E-state index >= 15 is 0 Å². The monoisotopic (exact) mass is 149 g/mol. The van der Waals surface area contributed by atoms with Crippen molar-refractivity contribution in [3.8, 4) is 0 Å². The van der Waals surface area contributed by atoms with Gasteiger partial charge >= 0.3 is 6.03 Å². The molecule has 1 unspecified atom stereocenters. The molecule has 0 radical (unpaired) electrons. The van der Waals surface area contributed by atoms with Crippen LogP contribution < -0.4 is 16.2 Å². The zero-order valence-corrected chi connectivity index (χ0v) is 5.03. The van der Waals surface area contributed by atoms with Crippen molar-refractivity contribution in [2.45, 2.75) is 5.50 Å². The van der Waals surface area contributed by atoms with Gasteiger partial charge in [-0.2, -0.15) is 0 Å². The SMILES string of the molecule is O=C1NNC(Cl)C(=O)N1. The highest BCUT2D eigenvalue weighted by molar-refractivity contribution is 6.32. The van der Waals surface area contributed by atoms with E-state index in [0.29, 0.717) is 0 Å². The van der Waals surface area contributed by atoms with Crippen LogP contribution >= 0.6 is 11.6 Å². The Labute approximate surface area is 55.7 Å². The van der Waals surface area contributed by atoms with Gasteiger partial charge in [-0.15, -0.1) is 0 Å². The number of imide groups is 1. The molecule has 1 heterocycles. The van der Waals surface area contributed by atoms with Crippen LogP contribution in [-0.4, -0.2) is 17.4 Å². The number of nitrogens with one attached hydrogen (secondary N) is 3. The lowest BCUT2D eigenvalue weighted by Gasteiger charge is -2.17.